The van der Waals surface area contributed by atoms with E-state index in [1.807, 2.05) is 13.8 Å². The van der Waals surface area contributed by atoms with E-state index in [9.17, 15) is 8.42 Å². The van der Waals surface area contributed by atoms with E-state index in [-0.39, 0.29) is 5.75 Å². The fourth-order valence-corrected chi connectivity index (χ4v) is 3.56. The van der Waals surface area contributed by atoms with E-state index in [1.54, 1.807) is 4.90 Å². The van der Waals surface area contributed by atoms with Gasteiger partial charge in [-0.05, 0) is 32.5 Å². The highest BCUT2D eigenvalue weighted by molar-refractivity contribution is 8.23. The molecule has 0 aliphatic carbocycles. The highest BCUT2D eigenvalue weighted by Gasteiger charge is 2.13. The first kappa shape index (κ1) is 18.0. The van der Waals surface area contributed by atoms with Crippen LogP contribution in [-0.2, 0) is 10.1 Å². The van der Waals surface area contributed by atoms with Crippen molar-refractivity contribution in [2.45, 2.75) is 20.3 Å². The summed E-state index contributed by atoms with van der Waals surface area (Å²) in [6.45, 7) is 5.28. The number of nitrogens with zero attached hydrogens (tertiary/aromatic N) is 1. The van der Waals surface area contributed by atoms with Gasteiger partial charge in [0, 0.05) is 18.8 Å². The Labute approximate surface area is 123 Å². The topological polar surface area (TPSA) is 69.6 Å². The summed E-state index contributed by atoms with van der Waals surface area (Å²) >= 11 is 11.7. The van der Waals surface area contributed by atoms with Crippen LogP contribution in [0.5, 0.6) is 0 Å². The number of hydrogen-bond donors (Lipinski definition) is 2. The molecular weight excluding hydrogens is 312 g/mol. The second-order valence-corrected chi connectivity index (χ2v) is 7.02. The minimum Gasteiger partial charge on any atom is -0.363 e. The van der Waals surface area contributed by atoms with E-state index in [0.29, 0.717) is 28.2 Å². The van der Waals surface area contributed by atoms with E-state index in [2.05, 4.69) is 5.32 Å². The van der Waals surface area contributed by atoms with Crippen molar-refractivity contribution in [2.75, 3.05) is 24.6 Å². The van der Waals surface area contributed by atoms with Crippen molar-refractivity contribution in [3.8, 4) is 0 Å². The van der Waals surface area contributed by atoms with Gasteiger partial charge in [-0.15, -0.1) is 0 Å². The van der Waals surface area contributed by atoms with Gasteiger partial charge < -0.3 is 10.2 Å². The molecule has 0 amide bonds. The third-order valence-electron chi connectivity index (χ3n) is 1.88. The molecule has 9 heteroatoms. The van der Waals surface area contributed by atoms with Crippen molar-refractivity contribution in [1.82, 2.24) is 10.2 Å². The van der Waals surface area contributed by atoms with Gasteiger partial charge >= 0.3 is 0 Å². The second-order valence-electron chi connectivity index (χ2n) is 3.33. The number of hydrogen-bond acceptors (Lipinski definition) is 5. The summed E-state index contributed by atoms with van der Waals surface area (Å²) in [4.78, 5) is 1.78. The summed E-state index contributed by atoms with van der Waals surface area (Å²) in [5.74, 6) is 0.288. The predicted molar refractivity (Wildman–Crippen MR) is 84.7 cm³/mol. The zero-order valence-electron chi connectivity index (χ0n) is 10.4. The fraction of sp³-hybridized carbons (Fsp3) is 0.778. The van der Waals surface area contributed by atoms with Crippen LogP contribution >= 0.6 is 36.2 Å². The third kappa shape index (κ3) is 8.20. The summed E-state index contributed by atoms with van der Waals surface area (Å²) in [6.07, 6.45) is 0.356. The molecule has 2 N–H and O–H groups in total. The van der Waals surface area contributed by atoms with E-state index >= 15 is 0 Å². The smallest absolute Gasteiger partial charge is 0.264 e. The second kappa shape index (κ2) is 9.03. The molecule has 0 radical (unpaired) electrons. The molecule has 0 saturated carbocycles. The summed E-state index contributed by atoms with van der Waals surface area (Å²) in [5, 5.41) is 3.59. The molecule has 0 unspecified atom stereocenters. The lowest BCUT2D eigenvalue weighted by molar-refractivity contribution is 0.482. The highest BCUT2D eigenvalue weighted by Crippen LogP contribution is 2.11. The molecule has 18 heavy (non-hydrogen) atoms. The molecular formula is C9H18N2O3S4. The molecule has 0 rings (SSSR count). The van der Waals surface area contributed by atoms with Gasteiger partial charge in [0.1, 0.15) is 4.32 Å². The van der Waals surface area contributed by atoms with Crippen molar-refractivity contribution in [3.63, 3.8) is 0 Å². The molecule has 5 nitrogen and oxygen atoms in total. The molecule has 0 saturated heterocycles. The fourth-order valence-electron chi connectivity index (χ4n) is 1.08. The van der Waals surface area contributed by atoms with Gasteiger partial charge in [0.15, 0.2) is 5.11 Å². The molecule has 0 bridgehead atoms. The zero-order chi connectivity index (χ0) is 14.2. The molecule has 0 fully saturated rings. The van der Waals surface area contributed by atoms with Gasteiger partial charge in [-0.2, -0.15) is 8.42 Å². The Morgan fingerprint density at radius 2 is 2.00 bits per heavy atom. The van der Waals surface area contributed by atoms with Gasteiger partial charge in [-0.1, -0.05) is 24.0 Å². The van der Waals surface area contributed by atoms with E-state index in [4.69, 9.17) is 29.0 Å². The molecule has 0 aromatic heterocycles. The SMILES string of the molecule is CCNC(=S)N(CC)C(=S)SCCCS(=O)(=O)O. The van der Waals surface area contributed by atoms with Gasteiger partial charge in [-0.25, -0.2) is 0 Å². The average molecular weight is 331 g/mol. The van der Waals surface area contributed by atoms with Crippen LogP contribution in [0.15, 0.2) is 0 Å². The summed E-state index contributed by atoms with van der Waals surface area (Å²) in [7, 11) is -3.88. The normalized spacial score (nSPS) is 11.1. The first-order valence-corrected chi connectivity index (χ1v) is 8.90. The van der Waals surface area contributed by atoms with Gasteiger partial charge in [0.25, 0.3) is 10.1 Å². The summed E-state index contributed by atoms with van der Waals surface area (Å²) < 4.78 is 30.3. The van der Waals surface area contributed by atoms with Crippen LogP contribution in [0, 0.1) is 0 Å². The Kier molecular flexibility index (Phi) is 9.05. The zero-order valence-corrected chi connectivity index (χ0v) is 13.6. The van der Waals surface area contributed by atoms with Crippen molar-refractivity contribution >= 4 is 55.7 Å². The Bertz CT molecular complexity index is 383. The van der Waals surface area contributed by atoms with Gasteiger partial charge in [-0.3, -0.25) is 4.55 Å². The van der Waals surface area contributed by atoms with E-state index in [0.717, 1.165) is 6.54 Å². The van der Waals surface area contributed by atoms with Crippen LogP contribution < -0.4 is 5.32 Å². The maximum atomic E-state index is 10.5. The van der Waals surface area contributed by atoms with Crippen LogP contribution in [0.25, 0.3) is 0 Å². The highest BCUT2D eigenvalue weighted by atomic mass is 32.2. The maximum Gasteiger partial charge on any atom is 0.264 e. The number of nitrogens with one attached hydrogen (secondary N) is 1. The van der Waals surface area contributed by atoms with E-state index in [1.165, 1.54) is 11.8 Å². The molecule has 0 spiro atoms. The van der Waals surface area contributed by atoms with Crippen LogP contribution in [0.1, 0.15) is 20.3 Å². The standard InChI is InChI=1S/C9H18N2O3S4/c1-3-10-8(15)11(4-2)9(16)17-6-5-7-18(12,13)14/h3-7H2,1-2H3,(H,10,15)(H,12,13,14). The average Bonchev–Trinajstić information content (AvgIpc) is 2.24. The summed E-state index contributed by atoms with van der Waals surface area (Å²) in [5.41, 5.74) is 0. The van der Waals surface area contributed by atoms with Crippen LogP contribution in [-0.4, -0.2) is 51.9 Å². The molecule has 0 aliphatic rings. The minimum absolute atomic E-state index is 0.244. The first-order chi connectivity index (χ1) is 8.31. The largest absolute Gasteiger partial charge is 0.363 e. The molecule has 106 valence electrons. The van der Waals surface area contributed by atoms with Crippen LogP contribution in [0.3, 0.4) is 0 Å². The molecule has 0 aromatic rings. The van der Waals surface area contributed by atoms with Crippen molar-refractivity contribution in [2.24, 2.45) is 0 Å². The monoisotopic (exact) mass is 330 g/mol. The van der Waals surface area contributed by atoms with E-state index < -0.39 is 10.1 Å². The lowest BCUT2D eigenvalue weighted by atomic mass is 10.6. The van der Waals surface area contributed by atoms with Crippen molar-refractivity contribution in [3.05, 3.63) is 0 Å². The Morgan fingerprint density at radius 3 is 2.44 bits per heavy atom. The lowest BCUT2D eigenvalue weighted by Crippen LogP contribution is -2.41. The quantitative estimate of drug-likeness (QED) is 0.431. The minimum atomic E-state index is -3.88. The van der Waals surface area contributed by atoms with Crippen LogP contribution in [0.4, 0.5) is 0 Å². The Morgan fingerprint density at radius 1 is 1.39 bits per heavy atom. The van der Waals surface area contributed by atoms with Gasteiger partial charge in [0.05, 0.1) is 5.75 Å². The lowest BCUT2D eigenvalue weighted by Gasteiger charge is -2.23. The number of thioether (sulfide) groups is 1. The molecule has 0 aromatic carbocycles. The molecule has 0 atom stereocenters. The molecule has 0 aliphatic heterocycles. The predicted octanol–water partition coefficient (Wildman–Crippen LogP) is 1.50. The first-order valence-electron chi connectivity index (χ1n) is 5.49. The number of rotatable bonds is 6. The Hall–Kier alpha value is 0.0400. The maximum absolute atomic E-state index is 10.5. The Balaban J connectivity index is 4.09. The van der Waals surface area contributed by atoms with Crippen LogP contribution in [0.2, 0.25) is 0 Å². The van der Waals surface area contributed by atoms with Gasteiger partial charge in [0.2, 0.25) is 0 Å². The summed E-state index contributed by atoms with van der Waals surface area (Å²) in [6, 6.07) is 0. The third-order valence-corrected chi connectivity index (χ3v) is 4.59. The van der Waals surface area contributed by atoms with Crippen molar-refractivity contribution in [1.29, 1.82) is 0 Å². The molecule has 0 heterocycles. The number of thiocarbonyl (C=S) groups is 2. The van der Waals surface area contributed by atoms with Crippen molar-refractivity contribution < 1.29 is 13.0 Å².